The predicted molar refractivity (Wildman–Crippen MR) is 110 cm³/mol. The zero-order chi connectivity index (χ0) is 20.0. The molecule has 0 fully saturated rings. The summed E-state index contributed by atoms with van der Waals surface area (Å²) in [7, 11) is -4.00. The summed E-state index contributed by atoms with van der Waals surface area (Å²) < 4.78 is 29.0. The molecule has 8 heteroatoms. The average Bonchev–Trinajstić information content (AvgIpc) is 3.39. The number of anilines is 1. The van der Waals surface area contributed by atoms with E-state index in [0.717, 1.165) is 63.5 Å². The van der Waals surface area contributed by atoms with E-state index in [-0.39, 0.29) is 5.03 Å². The Hall–Kier alpha value is -2.35. The molecule has 1 atom stereocenters. The van der Waals surface area contributed by atoms with Crippen LogP contribution in [0, 0.1) is 0 Å². The Balaban J connectivity index is 1.54. The molecule has 1 aromatic carbocycles. The number of aromatic nitrogens is 2. The quantitative estimate of drug-likeness (QED) is 0.690. The van der Waals surface area contributed by atoms with Crippen molar-refractivity contribution in [2.75, 3.05) is 5.32 Å². The summed E-state index contributed by atoms with van der Waals surface area (Å²) in [5, 5.41) is 6.95. The van der Waals surface area contributed by atoms with Gasteiger partial charge >= 0.3 is 6.03 Å². The topological polar surface area (TPSA) is 93.1 Å². The lowest BCUT2D eigenvalue weighted by Crippen LogP contribution is -2.35. The number of sulfonamides is 1. The number of carbonyl (C=O) groups excluding carboxylic acids is 1. The molecule has 1 aromatic heterocycles. The van der Waals surface area contributed by atoms with Crippen LogP contribution in [0.3, 0.4) is 0 Å². The standard InChI is InChI=1S/C21H26N4O3S/c26-21-22-20-17-7-4-6-15(17)13-16-9-8-14(19(16)20)5-2-1-3-11-25-12-10-18(23-25)29(27,28)24-21/h10,12-14H,1-9,11H2,(H2,22,24,26). The second kappa shape index (κ2) is 7.16. The van der Waals surface area contributed by atoms with Gasteiger partial charge in [-0.25, -0.2) is 9.52 Å². The number of hydrogen-bond donors (Lipinski definition) is 2. The minimum Gasteiger partial charge on any atom is -0.307 e. The van der Waals surface area contributed by atoms with Crippen LogP contribution in [-0.2, 0) is 35.8 Å². The Morgan fingerprint density at radius 1 is 1.03 bits per heavy atom. The third-order valence-corrected chi connectivity index (χ3v) is 7.72. The summed E-state index contributed by atoms with van der Waals surface area (Å²) in [6.45, 7) is 0.682. The highest BCUT2D eigenvalue weighted by molar-refractivity contribution is 7.90. The number of urea groups is 1. The van der Waals surface area contributed by atoms with Crippen LogP contribution in [0.1, 0.15) is 66.7 Å². The van der Waals surface area contributed by atoms with Crippen molar-refractivity contribution in [2.24, 2.45) is 0 Å². The van der Waals surface area contributed by atoms with Crippen molar-refractivity contribution in [1.29, 1.82) is 0 Å². The van der Waals surface area contributed by atoms with Crippen molar-refractivity contribution in [1.82, 2.24) is 14.5 Å². The Bertz CT molecular complexity index is 1070. The molecule has 5 rings (SSSR count). The van der Waals surface area contributed by atoms with E-state index in [2.05, 4.69) is 21.2 Å². The van der Waals surface area contributed by atoms with Gasteiger partial charge in [0.25, 0.3) is 10.0 Å². The number of benzene rings is 1. The third kappa shape index (κ3) is 3.43. The first-order valence-corrected chi connectivity index (χ1v) is 12.0. The molecule has 29 heavy (non-hydrogen) atoms. The van der Waals surface area contributed by atoms with Gasteiger partial charge in [0.2, 0.25) is 0 Å². The lowest BCUT2D eigenvalue weighted by molar-refractivity contribution is 0.256. The number of hydrogen-bond acceptors (Lipinski definition) is 4. The van der Waals surface area contributed by atoms with Crippen molar-refractivity contribution >= 4 is 21.7 Å². The summed E-state index contributed by atoms with van der Waals surface area (Å²) in [6, 6.07) is 3.06. The Morgan fingerprint density at radius 3 is 2.83 bits per heavy atom. The monoisotopic (exact) mass is 414 g/mol. The molecular formula is C21H26N4O3S. The number of nitrogens with zero attached hydrogens (tertiary/aromatic N) is 2. The van der Waals surface area contributed by atoms with Crippen LogP contribution >= 0.6 is 0 Å². The molecular weight excluding hydrogens is 388 g/mol. The third-order valence-electron chi connectivity index (χ3n) is 6.49. The van der Waals surface area contributed by atoms with Crippen LogP contribution in [0.2, 0.25) is 0 Å². The van der Waals surface area contributed by atoms with E-state index >= 15 is 0 Å². The van der Waals surface area contributed by atoms with Gasteiger partial charge in [-0.2, -0.15) is 13.5 Å². The van der Waals surface area contributed by atoms with E-state index in [1.807, 2.05) is 0 Å². The largest absolute Gasteiger partial charge is 0.333 e. The number of aryl methyl sites for hydroxylation is 3. The van der Waals surface area contributed by atoms with E-state index in [9.17, 15) is 13.2 Å². The highest BCUT2D eigenvalue weighted by atomic mass is 32.2. The second-order valence-electron chi connectivity index (χ2n) is 8.38. The number of fused-ring (bicyclic) bond motifs is 4. The molecule has 3 aliphatic rings. The molecule has 0 spiro atoms. The summed E-state index contributed by atoms with van der Waals surface area (Å²) in [5.74, 6) is 0.434. The Kier molecular flexibility index (Phi) is 4.61. The van der Waals surface area contributed by atoms with E-state index in [4.69, 9.17) is 0 Å². The lowest BCUT2D eigenvalue weighted by atomic mass is 9.90. The van der Waals surface area contributed by atoms with E-state index in [1.54, 1.807) is 10.9 Å². The molecule has 0 saturated heterocycles. The maximum atomic E-state index is 12.7. The maximum Gasteiger partial charge on any atom is 0.333 e. The summed E-state index contributed by atoms with van der Waals surface area (Å²) >= 11 is 0. The molecule has 0 saturated carbocycles. The van der Waals surface area contributed by atoms with Gasteiger partial charge in [0, 0.05) is 18.4 Å². The minimum atomic E-state index is -4.00. The smallest absolute Gasteiger partial charge is 0.307 e. The van der Waals surface area contributed by atoms with E-state index in [1.165, 1.54) is 28.3 Å². The molecule has 2 amide bonds. The average molecular weight is 415 g/mol. The van der Waals surface area contributed by atoms with Crippen LogP contribution < -0.4 is 10.0 Å². The maximum absolute atomic E-state index is 12.7. The van der Waals surface area contributed by atoms with Crippen molar-refractivity contribution in [2.45, 2.75) is 75.3 Å². The van der Waals surface area contributed by atoms with Crippen molar-refractivity contribution < 1.29 is 13.2 Å². The molecule has 2 heterocycles. The molecule has 1 aliphatic heterocycles. The zero-order valence-corrected chi connectivity index (χ0v) is 17.2. The van der Waals surface area contributed by atoms with Gasteiger partial charge in [-0.3, -0.25) is 4.68 Å². The molecule has 1 unspecified atom stereocenters. The molecule has 154 valence electrons. The van der Waals surface area contributed by atoms with Crippen molar-refractivity contribution in [3.8, 4) is 0 Å². The molecule has 2 bridgehead atoms. The van der Waals surface area contributed by atoms with E-state index < -0.39 is 16.1 Å². The van der Waals surface area contributed by atoms with Crippen molar-refractivity contribution in [3.63, 3.8) is 0 Å². The normalized spacial score (nSPS) is 23.3. The summed E-state index contributed by atoms with van der Waals surface area (Å²) in [4.78, 5) is 12.7. The fourth-order valence-electron chi connectivity index (χ4n) is 5.17. The molecule has 2 aliphatic carbocycles. The molecule has 0 radical (unpaired) electrons. The first kappa shape index (κ1) is 18.7. The van der Waals surface area contributed by atoms with Gasteiger partial charge in [0.1, 0.15) is 0 Å². The second-order valence-corrected chi connectivity index (χ2v) is 10.0. The zero-order valence-electron chi connectivity index (χ0n) is 16.4. The first-order chi connectivity index (χ1) is 14.0. The van der Waals surface area contributed by atoms with Crippen LogP contribution in [0.25, 0.3) is 0 Å². The van der Waals surface area contributed by atoms with Crippen molar-refractivity contribution in [3.05, 3.63) is 40.6 Å². The highest BCUT2D eigenvalue weighted by Gasteiger charge is 2.31. The predicted octanol–water partition coefficient (Wildman–Crippen LogP) is 3.49. The number of amides is 2. The minimum absolute atomic E-state index is 0.121. The van der Waals surface area contributed by atoms with Gasteiger partial charge < -0.3 is 5.32 Å². The van der Waals surface area contributed by atoms with Gasteiger partial charge in [-0.05, 0) is 79.2 Å². The van der Waals surface area contributed by atoms with Crippen LogP contribution in [0.4, 0.5) is 10.5 Å². The van der Waals surface area contributed by atoms with Gasteiger partial charge in [-0.1, -0.05) is 18.9 Å². The number of rotatable bonds is 0. The Labute approximate surface area is 170 Å². The van der Waals surface area contributed by atoms with Crippen LogP contribution in [0.15, 0.2) is 23.4 Å². The number of carbonyl (C=O) groups is 1. The summed E-state index contributed by atoms with van der Waals surface area (Å²) in [5.41, 5.74) is 5.94. The molecule has 2 N–H and O–H groups in total. The van der Waals surface area contributed by atoms with Crippen LogP contribution in [-0.4, -0.2) is 24.2 Å². The fourth-order valence-corrected chi connectivity index (χ4v) is 6.02. The summed E-state index contributed by atoms with van der Waals surface area (Å²) in [6.07, 6.45) is 11.1. The molecule has 2 aromatic rings. The fraction of sp³-hybridized carbons (Fsp3) is 0.524. The lowest BCUT2D eigenvalue weighted by Gasteiger charge is -2.20. The van der Waals surface area contributed by atoms with Gasteiger partial charge in [0.05, 0.1) is 0 Å². The van der Waals surface area contributed by atoms with Gasteiger partial charge in [0.15, 0.2) is 5.03 Å². The molecule has 7 nitrogen and oxygen atoms in total. The van der Waals surface area contributed by atoms with E-state index in [0.29, 0.717) is 12.5 Å². The highest BCUT2D eigenvalue weighted by Crippen LogP contribution is 2.46. The first-order valence-electron chi connectivity index (χ1n) is 10.6. The van der Waals surface area contributed by atoms with Gasteiger partial charge in [-0.15, -0.1) is 0 Å². The number of nitrogens with one attached hydrogen (secondary N) is 2. The van der Waals surface area contributed by atoms with Crippen LogP contribution in [0.5, 0.6) is 0 Å². The SMILES string of the molecule is O=C1Nc2c3c(cc4c2C(CCCCCn2ccc(n2)S(=O)(=O)N1)CC4)CCC3. The Morgan fingerprint density at radius 2 is 1.93 bits per heavy atom.